The highest BCUT2D eigenvalue weighted by atomic mass is 15.2. The zero-order chi connectivity index (χ0) is 11.3. The first-order chi connectivity index (χ1) is 7.04. The Morgan fingerprint density at radius 2 is 2.20 bits per heavy atom. The van der Waals surface area contributed by atoms with Gasteiger partial charge in [0.1, 0.15) is 0 Å². The fraction of sp³-hybridized carbons (Fsp3) is 0.846. The van der Waals surface area contributed by atoms with Gasteiger partial charge in [-0.05, 0) is 46.6 Å². The monoisotopic (exact) mass is 210 g/mol. The van der Waals surface area contributed by atoms with Crippen LogP contribution in [0, 0.1) is 0 Å². The van der Waals surface area contributed by atoms with Crippen LogP contribution in [0.4, 0.5) is 0 Å². The molecule has 0 bridgehead atoms. The minimum absolute atomic E-state index is 0.257. The Bertz CT molecular complexity index is 187. The second-order valence-electron chi connectivity index (χ2n) is 5.49. The van der Waals surface area contributed by atoms with Gasteiger partial charge in [-0.2, -0.15) is 0 Å². The van der Waals surface area contributed by atoms with Gasteiger partial charge >= 0.3 is 0 Å². The quantitative estimate of drug-likeness (QED) is 0.701. The van der Waals surface area contributed by atoms with Crippen LogP contribution in [-0.2, 0) is 0 Å². The Hall–Kier alpha value is -0.340. The molecular weight excluding hydrogens is 184 g/mol. The lowest BCUT2D eigenvalue weighted by Crippen LogP contribution is -2.43. The topological polar surface area (TPSA) is 15.3 Å². The highest BCUT2D eigenvalue weighted by Crippen LogP contribution is 2.16. The zero-order valence-electron chi connectivity index (χ0n) is 10.6. The lowest BCUT2D eigenvalue weighted by Gasteiger charge is -2.35. The zero-order valence-corrected chi connectivity index (χ0v) is 10.6. The van der Waals surface area contributed by atoms with Crippen LogP contribution in [0.2, 0.25) is 0 Å². The lowest BCUT2D eigenvalue weighted by molar-refractivity contribution is 0.147. The van der Waals surface area contributed by atoms with Crippen LogP contribution >= 0.6 is 0 Å². The largest absolute Gasteiger partial charge is 0.314 e. The predicted molar refractivity (Wildman–Crippen MR) is 67.2 cm³/mol. The number of rotatable bonds is 5. The van der Waals surface area contributed by atoms with Crippen molar-refractivity contribution in [1.29, 1.82) is 0 Å². The Morgan fingerprint density at radius 1 is 1.47 bits per heavy atom. The lowest BCUT2D eigenvalue weighted by atomic mass is 10.0. The van der Waals surface area contributed by atoms with Crippen LogP contribution < -0.4 is 5.32 Å². The molecular formula is C13H26N2. The molecule has 1 atom stereocenters. The van der Waals surface area contributed by atoms with Crippen molar-refractivity contribution >= 4 is 0 Å². The first-order valence-electron chi connectivity index (χ1n) is 6.13. The maximum absolute atomic E-state index is 3.84. The molecule has 15 heavy (non-hydrogen) atoms. The van der Waals surface area contributed by atoms with E-state index < -0.39 is 0 Å². The third-order valence-electron chi connectivity index (χ3n) is 3.21. The molecule has 2 nitrogen and oxygen atoms in total. The van der Waals surface area contributed by atoms with E-state index in [1.807, 2.05) is 6.08 Å². The molecule has 0 aromatic rings. The molecule has 2 heteroatoms. The molecule has 1 heterocycles. The third-order valence-corrected chi connectivity index (χ3v) is 3.21. The molecule has 0 saturated carbocycles. The van der Waals surface area contributed by atoms with Gasteiger partial charge in [-0.25, -0.2) is 0 Å². The van der Waals surface area contributed by atoms with Crippen LogP contribution in [0.3, 0.4) is 0 Å². The van der Waals surface area contributed by atoms with E-state index in [0.29, 0.717) is 0 Å². The smallest absolute Gasteiger partial charge is 0.0165 e. The highest BCUT2D eigenvalue weighted by Gasteiger charge is 2.22. The van der Waals surface area contributed by atoms with Gasteiger partial charge in [0.2, 0.25) is 0 Å². The van der Waals surface area contributed by atoms with E-state index in [0.717, 1.165) is 12.6 Å². The van der Waals surface area contributed by atoms with Crippen molar-refractivity contribution in [2.24, 2.45) is 0 Å². The second kappa shape index (κ2) is 5.66. The normalized spacial score (nSPS) is 22.3. The molecule has 0 spiro atoms. The summed E-state index contributed by atoms with van der Waals surface area (Å²) < 4.78 is 0. The molecule has 88 valence electrons. The molecule has 0 amide bonds. The van der Waals surface area contributed by atoms with Crippen molar-refractivity contribution in [3.8, 4) is 0 Å². The van der Waals surface area contributed by atoms with E-state index in [1.165, 1.54) is 32.4 Å². The molecule has 0 aromatic heterocycles. The standard InChI is InChI=1S/C13H26N2/c1-5-10-15(13(2,3)4)11-8-12-7-6-9-14-12/h5,12,14H,1,6-11H2,2-4H3. The molecule has 1 rings (SSSR count). The van der Waals surface area contributed by atoms with Gasteiger partial charge < -0.3 is 5.32 Å². The van der Waals surface area contributed by atoms with Gasteiger partial charge in [-0.1, -0.05) is 6.08 Å². The van der Waals surface area contributed by atoms with Gasteiger partial charge in [-0.3, -0.25) is 4.90 Å². The van der Waals surface area contributed by atoms with Gasteiger partial charge in [0, 0.05) is 24.7 Å². The maximum atomic E-state index is 3.84. The summed E-state index contributed by atoms with van der Waals surface area (Å²) in [5.74, 6) is 0. The molecule has 0 aromatic carbocycles. The first-order valence-corrected chi connectivity index (χ1v) is 6.13. The van der Waals surface area contributed by atoms with Crippen molar-refractivity contribution in [1.82, 2.24) is 10.2 Å². The van der Waals surface area contributed by atoms with Crippen molar-refractivity contribution in [2.75, 3.05) is 19.6 Å². The van der Waals surface area contributed by atoms with E-state index in [4.69, 9.17) is 0 Å². The summed E-state index contributed by atoms with van der Waals surface area (Å²) in [7, 11) is 0. The van der Waals surface area contributed by atoms with Crippen molar-refractivity contribution < 1.29 is 0 Å². The maximum Gasteiger partial charge on any atom is 0.0165 e. The Labute approximate surface area is 94.7 Å². The molecule has 1 aliphatic heterocycles. The van der Waals surface area contributed by atoms with Gasteiger partial charge in [-0.15, -0.1) is 6.58 Å². The van der Waals surface area contributed by atoms with Crippen molar-refractivity contribution in [3.05, 3.63) is 12.7 Å². The predicted octanol–water partition coefficient (Wildman–Crippen LogP) is 2.42. The van der Waals surface area contributed by atoms with Crippen LogP contribution in [0.25, 0.3) is 0 Å². The number of hydrogen-bond donors (Lipinski definition) is 1. The van der Waals surface area contributed by atoms with Crippen LogP contribution in [0.1, 0.15) is 40.0 Å². The molecule has 0 aliphatic carbocycles. The summed E-state index contributed by atoms with van der Waals surface area (Å²) >= 11 is 0. The first kappa shape index (κ1) is 12.7. The molecule has 1 unspecified atom stereocenters. The molecule has 1 fully saturated rings. The average molecular weight is 210 g/mol. The van der Waals surface area contributed by atoms with Crippen molar-refractivity contribution in [2.45, 2.75) is 51.6 Å². The summed E-state index contributed by atoms with van der Waals surface area (Å²) in [5.41, 5.74) is 0.257. The fourth-order valence-electron chi connectivity index (χ4n) is 2.17. The van der Waals surface area contributed by atoms with Crippen LogP contribution in [-0.4, -0.2) is 36.1 Å². The van der Waals surface area contributed by atoms with Gasteiger partial charge in [0.05, 0.1) is 0 Å². The van der Waals surface area contributed by atoms with E-state index in [1.54, 1.807) is 0 Å². The van der Waals surface area contributed by atoms with E-state index >= 15 is 0 Å². The number of nitrogens with zero attached hydrogens (tertiary/aromatic N) is 1. The molecule has 0 radical (unpaired) electrons. The minimum Gasteiger partial charge on any atom is -0.314 e. The summed E-state index contributed by atoms with van der Waals surface area (Å²) in [6, 6.07) is 0.750. The Morgan fingerprint density at radius 3 is 2.67 bits per heavy atom. The van der Waals surface area contributed by atoms with E-state index in [2.05, 4.69) is 37.6 Å². The number of nitrogens with one attached hydrogen (secondary N) is 1. The SMILES string of the molecule is C=CCN(CCC1CCCN1)C(C)(C)C. The summed E-state index contributed by atoms with van der Waals surface area (Å²) in [5, 5.41) is 3.55. The minimum atomic E-state index is 0.257. The molecule has 1 N–H and O–H groups in total. The third kappa shape index (κ3) is 4.35. The van der Waals surface area contributed by atoms with E-state index in [9.17, 15) is 0 Å². The summed E-state index contributed by atoms with van der Waals surface area (Å²) in [6.45, 7) is 14.0. The molecule has 1 saturated heterocycles. The highest BCUT2D eigenvalue weighted by molar-refractivity contribution is 4.84. The number of hydrogen-bond acceptors (Lipinski definition) is 2. The second-order valence-corrected chi connectivity index (χ2v) is 5.49. The molecule has 1 aliphatic rings. The Kier molecular flexibility index (Phi) is 4.81. The van der Waals surface area contributed by atoms with Crippen LogP contribution in [0.5, 0.6) is 0 Å². The average Bonchev–Trinajstić information content (AvgIpc) is 2.62. The summed E-state index contributed by atoms with van der Waals surface area (Å²) in [6.07, 6.45) is 5.98. The fourth-order valence-corrected chi connectivity index (χ4v) is 2.17. The van der Waals surface area contributed by atoms with Gasteiger partial charge in [0.25, 0.3) is 0 Å². The Balaban J connectivity index is 2.33. The summed E-state index contributed by atoms with van der Waals surface area (Å²) in [4.78, 5) is 2.50. The van der Waals surface area contributed by atoms with Gasteiger partial charge in [0.15, 0.2) is 0 Å². The van der Waals surface area contributed by atoms with Crippen LogP contribution in [0.15, 0.2) is 12.7 Å². The van der Waals surface area contributed by atoms with Crippen molar-refractivity contribution in [3.63, 3.8) is 0 Å². The van der Waals surface area contributed by atoms with E-state index in [-0.39, 0.29) is 5.54 Å².